The maximum atomic E-state index is 11.0. The number of methoxy groups -OCH3 is 1. The topological polar surface area (TPSA) is 75.3 Å². The molecule has 0 heterocycles. The van der Waals surface area contributed by atoms with E-state index in [1.807, 2.05) is 6.92 Å². The van der Waals surface area contributed by atoms with Crippen molar-refractivity contribution in [2.24, 2.45) is 0 Å². The Hall–Kier alpha value is -0.730. The highest BCUT2D eigenvalue weighted by Gasteiger charge is 1.98. The van der Waals surface area contributed by atoms with Crippen LogP contribution in [0, 0.1) is 0 Å². The summed E-state index contributed by atoms with van der Waals surface area (Å²) in [5.74, 6) is -0.107. The highest BCUT2D eigenvalue weighted by molar-refractivity contribution is 5.77. The number of amides is 1. The van der Waals surface area contributed by atoms with Crippen LogP contribution in [0.3, 0.4) is 0 Å². The number of hydrogen-bond acceptors (Lipinski definition) is 6. The number of carbonyl (C=O) groups is 1. The van der Waals surface area contributed by atoms with E-state index in [1.54, 1.807) is 7.11 Å². The summed E-state index contributed by atoms with van der Waals surface area (Å²) in [6.45, 7) is 6.71. The zero-order chi connectivity index (χ0) is 14.9. The van der Waals surface area contributed by atoms with Crippen LogP contribution in [0.15, 0.2) is 0 Å². The largest absolute Gasteiger partial charge is 0.382 e. The van der Waals surface area contributed by atoms with Crippen LogP contribution >= 0.6 is 0 Å². The summed E-state index contributed by atoms with van der Waals surface area (Å²) in [7, 11) is 1.64. The van der Waals surface area contributed by atoms with Gasteiger partial charge in [0.25, 0.3) is 0 Å². The summed E-state index contributed by atoms with van der Waals surface area (Å²) in [5.41, 5.74) is 0. The Labute approximate surface area is 120 Å². The van der Waals surface area contributed by atoms with Crippen LogP contribution in [0.2, 0.25) is 0 Å². The quantitative estimate of drug-likeness (QED) is 0.423. The molecule has 0 aromatic rings. The van der Waals surface area contributed by atoms with E-state index in [1.165, 1.54) is 0 Å². The van der Waals surface area contributed by atoms with E-state index in [0.29, 0.717) is 59.4 Å². The van der Waals surface area contributed by atoms with Crippen LogP contribution < -0.4 is 5.32 Å². The zero-order valence-electron chi connectivity index (χ0n) is 12.5. The number of nitrogens with one attached hydrogen (secondary N) is 1. The molecule has 7 nitrogen and oxygen atoms in total. The van der Waals surface area contributed by atoms with E-state index in [0.717, 1.165) is 0 Å². The van der Waals surface area contributed by atoms with Crippen molar-refractivity contribution < 1.29 is 28.5 Å². The summed E-state index contributed by atoms with van der Waals surface area (Å²) in [5, 5.41) is 2.64. The third-order valence-electron chi connectivity index (χ3n) is 2.15. The van der Waals surface area contributed by atoms with Gasteiger partial charge in [0.2, 0.25) is 5.91 Å². The first-order valence-electron chi connectivity index (χ1n) is 6.87. The number of carbonyl (C=O) groups excluding carboxylic acids is 1. The highest BCUT2D eigenvalue weighted by Crippen LogP contribution is 1.83. The zero-order valence-corrected chi connectivity index (χ0v) is 12.5. The van der Waals surface area contributed by atoms with Crippen molar-refractivity contribution in [3.8, 4) is 0 Å². The van der Waals surface area contributed by atoms with Crippen LogP contribution in [0.4, 0.5) is 0 Å². The lowest BCUT2D eigenvalue weighted by molar-refractivity contribution is -0.126. The first-order valence-corrected chi connectivity index (χ1v) is 6.87. The van der Waals surface area contributed by atoms with E-state index >= 15 is 0 Å². The second kappa shape index (κ2) is 16.3. The molecule has 1 amide bonds. The normalized spacial score (nSPS) is 10.7. The SMILES string of the molecule is CCNC(=O)COCCOCCOCCOCCOC. The van der Waals surface area contributed by atoms with Gasteiger partial charge < -0.3 is 29.0 Å². The Morgan fingerprint density at radius 2 is 1.25 bits per heavy atom. The number of hydrogen-bond donors (Lipinski definition) is 1. The van der Waals surface area contributed by atoms with E-state index in [2.05, 4.69) is 5.32 Å². The Morgan fingerprint density at radius 1 is 0.800 bits per heavy atom. The van der Waals surface area contributed by atoms with Crippen LogP contribution in [-0.4, -0.2) is 79.0 Å². The smallest absolute Gasteiger partial charge is 0.245 e. The molecule has 0 rings (SSSR count). The molecule has 0 aromatic carbocycles. The molecule has 0 saturated carbocycles. The fourth-order valence-electron chi connectivity index (χ4n) is 1.22. The lowest BCUT2D eigenvalue weighted by atomic mass is 10.6. The predicted octanol–water partition coefficient (Wildman–Crippen LogP) is -0.165. The number of likely N-dealkylation sites (N-methyl/N-ethyl adjacent to an activating group) is 1. The Balaban J connectivity index is 3.01. The standard InChI is InChI=1S/C13H27NO6/c1-3-14-13(15)12-20-11-10-19-9-8-18-7-6-17-5-4-16-2/h3-12H2,1-2H3,(H,14,15). The molecule has 0 aromatic heterocycles. The molecule has 0 fully saturated rings. The molecule has 0 bridgehead atoms. The summed E-state index contributed by atoms with van der Waals surface area (Å²) >= 11 is 0. The summed E-state index contributed by atoms with van der Waals surface area (Å²) in [6.07, 6.45) is 0. The molecule has 0 aliphatic carbocycles. The van der Waals surface area contributed by atoms with E-state index in [-0.39, 0.29) is 12.5 Å². The van der Waals surface area contributed by atoms with Gasteiger partial charge >= 0.3 is 0 Å². The number of ether oxygens (including phenoxy) is 5. The van der Waals surface area contributed by atoms with Gasteiger partial charge in [0.1, 0.15) is 6.61 Å². The molecule has 0 atom stereocenters. The highest BCUT2D eigenvalue weighted by atomic mass is 16.6. The average Bonchev–Trinajstić information content (AvgIpc) is 2.44. The van der Waals surface area contributed by atoms with Gasteiger partial charge in [0.15, 0.2) is 0 Å². The molecule has 0 spiro atoms. The molecular weight excluding hydrogens is 266 g/mol. The molecule has 20 heavy (non-hydrogen) atoms. The third-order valence-corrected chi connectivity index (χ3v) is 2.15. The maximum Gasteiger partial charge on any atom is 0.245 e. The van der Waals surface area contributed by atoms with Crippen molar-refractivity contribution in [1.29, 1.82) is 0 Å². The second-order valence-electron chi connectivity index (χ2n) is 3.84. The first kappa shape index (κ1) is 19.3. The van der Waals surface area contributed by atoms with Gasteiger partial charge in [-0.25, -0.2) is 0 Å². The third kappa shape index (κ3) is 15.3. The summed E-state index contributed by atoms with van der Waals surface area (Å²) < 4.78 is 25.8. The van der Waals surface area contributed by atoms with E-state index < -0.39 is 0 Å². The van der Waals surface area contributed by atoms with Gasteiger partial charge in [-0.15, -0.1) is 0 Å². The van der Waals surface area contributed by atoms with Crippen molar-refractivity contribution >= 4 is 5.91 Å². The molecular formula is C13H27NO6. The summed E-state index contributed by atoms with van der Waals surface area (Å²) in [6, 6.07) is 0. The fourth-order valence-corrected chi connectivity index (χ4v) is 1.22. The molecule has 0 saturated heterocycles. The molecule has 0 radical (unpaired) electrons. The first-order chi connectivity index (χ1) is 9.81. The molecule has 0 unspecified atom stereocenters. The minimum atomic E-state index is -0.107. The summed E-state index contributed by atoms with van der Waals surface area (Å²) in [4.78, 5) is 11.0. The molecule has 0 aliphatic rings. The van der Waals surface area contributed by atoms with Gasteiger partial charge in [-0.2, -0.15) is 0 Å². The van der Waals surface area contributed by atoms with Crippen LogP contribution in [0.1, 0.15) is 6.92 Å². The van der Waals surface area contributed by atoms with Gasteiger partial charge in [-0.3, -0.25) is 4.79 Å². The maximum absolute atomic E-state index is 11.0. The van der Waals surface area contributed by atoms with Gasteiger partial charge in [0.05, 0.1) is 52.9 Å². The molecule has 0 aliphatic heterocycles. The van der Waals surface area contributed by atoms with E-state index in [9.17, 15) is 4.79 Å². The minimum absolute atomic E-state index is 0.0759. The van der Waals surface area contributed by atoms with Crippen molar-refractivity contribution in [3.05, 3.63) is 0 Å². The van der Waals surface area contributed by atoms with Gasteiger partial charge in [-0.05, 0) is 6.92 Å². The monoisotopic (exact) mass is 293 g/mol. The molecule has 120 valence electrons. The lowest BCUT2D eigenvalue weighted by Crippen LogP contribution is -2.27. The number of rotatable bonds is 15. The average molecular weight is 293 g/mol. The van der Waals surface area contributed by atoms with Crippen molar-refractivity contribution in [2.75, 3.05) is 73.1 Å². The van der Waals surface area contributed by atoms with Crippen LogP contribution in [0.25, 0.3) is 0 Å². The van der Waals surface area contributed by atoms with Crippen molar-refractivity contribution in [3.63, 3.8) is 0 Å². The lowest BCUT2D eigenvalue weighted by Gasteiger charge is -2.07. The van der Waals surface area contributed by atoms with Gasteiger partial charge in [0, 0.05) is 13.7 Å². The second-order valence-corrected chi connectivity index (χ2v) is 3.84. The van der Waals surface area contributed by atoms with Crippen molar-refractivity contribution in [1.82, 2.24) is 5.32 Å². The molecule has 1 N–H and O–H groups in total. The Kier molecular flexibility index (Phi) is 15.7. The van der Waals surface area contributed by atoms with Crippen molar-refractivity contribution in [2.45, 2.75) is 6.92 Å². The van der Waals surface area contributed by atoms with Crippen LogP contribution in [0.5, 0.6) is 0 Å². The van der Waals surface area contributed by atoms with Gasteiger partial charge in [-0.1, -0.05) is 0 Å². The molecule has 7 heteroatoms. The Morgan fingerprint density at radius 3 is 1.70 bits per heavy atom. The van der Waals surface area contributed by atoms with Crippen LogP contribution in [-0.2, 0) is 28.5 Å². The Bertz CT molecular complexity index is 215. The minimum Gasteiger partial charge on any atom is -0.382 e. The van der Waals surface area contributed by atoms with E-state index in [4.69, 9.17) is 23.7 Å². The predicted molar refractivity (Wildman–Crippen MR) is 73.8 cm³/mol. The fraction of sp³-hybridized carbons (Fsp3) is 0.923.